The number of hydrogen-bond acceptors (Lipinski definition) is 6. The fraction of sp³-hybridized carbons (Fsp3) is 0.308. The SMILES string of the molecule is Cc1ccc(Cc2cnn(C(=O)NC3COc4ccc(C#CC(C)(C)O)cc4N(C)C3=O)c2)nc1. The van der Waals surface area contributed by atoms with Crippen molar-refractivity contribution >= 4 is 17.6 Å². The van der Waals surface area contributed by atoms with E-state index in [1.165, 1.54) is 9.58 Å². The molecule has 0 saturated heterocycles. The Hall–Kier alpha value is -4.16. The van der Waals surface area contributed by atoms with Gasteiger partial charge in [-0.15, -0.1) is 0 Å². The van der Waals surface area contributed by atoms with Crippen molar-refractivity contribution in [2.24, 2.45) is 0 Å². The van der Waals surface area contributed by atoms with E-state index in [0.29, 0.717) is 23.4 Å². The van der Waals surface area contributed by atoms with Crippen molar-refractivity contribution in [2.75, 3.05) is 18.6 Å². The van der Waals surface area contributed by atoms with Crippen LogP contribution in [0, 0.1) is 18.8 Å². The first kappa shape index (κ1) is 24.0. The molecule has 0 bridgehead atoms. The van der Waals surface area contributed by atoms with Crippen molar-refractivity contribution in [2.45, 2.75) is 38.8 Å². The number of fused-ring (bicyclic) bond motifs is 1. The van der Waals surface area contributed by atoms with E-state index < -0.39 is 17.7 Å². The molecule has 9 nitrogen and oxygen atoms in total. The second-order valence-corrected chi connectivity index (χ2v) is 9.00. The van der Waals surface area contributed by atoms with E-state index in [2.05, 4.69) is 27.2 Å². The molecule has 2 aromatic heterocycles. The van der Waals surface area contributed by atoms with Gasteiger partial charge in [0, 0.05) is 37.1 Å². The summed E-state index contributed by atoms with van der Waals surface area (Å²) in [7, 11) is 1.61. The maximum Gasteiger partial charge on any atom is 0.342 e. The third kappa shape index (κ3) is 5.86. The summed E-state index contributed by atoms with van der Waals surface area (Å²) in [5, 5.41) is 16.7. The van der Waals surface area contributed by atoms with Gasteiger partial charge in [-0.1, -0.05) is 17.9 Å². The summed E-state index contributed by atoms with van der Waals surface area (Å²) >= 11 is 0. The molecular formula is C26H27N5O4. The molecule has 1 aromatic carbocycles. The summed E-state index contributed by atoms with van der Waals surface area (Å²) in [6.45, 7) is 5.13. The molecule has 180 valence electrons. The molecule has 0 aliphatic carbocycles. The molecule has 1 aliphatic heterocycles. The number of anilines is 1. The fourth-order valence-electron chi connectivity index (χ4n) is 3.49. The lowest BCUT2D eigenvalue weighted by atomic mass is 10.1. The van der Waals surface area contributed by atoms with Crippen LogP contribution in [0.5, 0.6) is 5.75 Å². The Morgan fingerprint density at radius 3 is 2.80 bits per heavy atom. The molecule has 1 aliphatic rings. The molecule has 1 atom stereocenters. The summed E-state index contributed by atoms with van der Waals surface area (Å²) in [5.74, 6) is 5.81. The van der Waals surface area contributed by atoms with Gasteiger partial charge in [0.25, 0.3) is 5.91 Å². The van der Waals surface area contributed by atoms with E-state index in [1.54, 1.807) is 57.7 Å². The number of aromatic nitrogens is 3. The average Bonchev–Trinajstić information content (AvgIpc) is 3.25. The molecule has 0 spiro atoms. The van der Waals surface area contributed by atoms with Gasteiger partial charge in [-0.2, -0.15) is 9.78 Å². The molecule has 3 aromatic rings. The molecule has 9 heteroatoms. The molecule has 4 rings (SSSR count). The van der Waals surface area contributed by atoms with Crippen molar-refractivity contribution in [1.82, 2.24) is 20.1 Å². The Kier molecular flexibility index (Phi) is 6.58. The number of amides is 2. The third-order valence-corrected chi connectivity index (χ3v) is 5.37. The number of likely N-dealkylation sites (N-methyl/N-ethyl adjacent to an activating group) is 1. The summed E-state index contributed by atoms with van der Waals surface area (Å²) in [6.07, 6.45) is 5.55. The number of carbonyl (C=O) groups excluding carboxylic acids is 2. The van der Waals surface area contributed by atoms with Gasteiger partial charge in [0.1, 0.15) is 24.0 Å². The maximum absolute atomic E-state index is 13.1. The van der Waals surface area contributed by atoms with Crippen LogP contribution in [-0.2, 0) is 11.2 Å². The van der Waals surface area contributed by atoms with Crippen LogP contribution in [0.2, 0.25) is 0 Å². The van der Waals surface area contributed by atoms with Crippen LogP contribution in [-0.4, -0.2) is 57.1 Å². The molecule has 1 unspecified atom stereocenters. The van der Waals surface area contributed by atoms with E-state index in [4.69, 9.17) is 4.74 Å². The molecule has 0 saturated carbocycles. The number of benzene rings is 1. The smallest absolute Gasteiger partial charge is 0.342 e. The second kappa shape index (κ2) is 9.60. The minimum absolute atomic E-state index is 0.0297. The zero-order valence-corrected chi connectivity index (χ0v) is 20.1. The molecule has 2 N–H and O–H groups in total. The summed E-state index contributed by atoms with van der Waals surface area (Å²) in [6, 6.07) is 7.66. The van der Waals surface area contributed by atoms with Gasteiger partial charge in [-0.3, -0.25) is 9.78 Å². The average molecular weight is 474 g/mol. The first-order valence-electron chi connectivity index (χ1n) is 11.1. The lowest BCUT2D eigenvalue weighted by Crippen LogP contribution is -2.50. The topological polar surface area (TPSA) is 110 Å². The number of pyridine rings is 1. The van der Waals surface area contributed by atoms with E-state index in [0.717, 1.165) is 16.8 Å². The Morgan fingerprint density at radius 1 is 1.29 bits per heavy atom. The first-order valence-corrected chi connectivity index (χ1v) is 11.1. The van der Waals surface area contributed by atoms with Gasteiger partial charge < -0.3 is 20.1 Å². The van der Waals surface area contributed by atoms with Crippen LogP contribution in [0.25, 0.3) is 0 Å². The van der Waals surface area contributed by atoms with Gasteiger partial charge in [-0.25, -0.2) is 4.79 Å². The van der Waals surface area contributed by atoms with Crippen LogP contribution in [0.15, 0.2) is 48.9 Å². The highest BCUT2D eigenvalue weighted by Crippen LogP contribution is 2.31. The van der Waals surface area contributed by atoms with Crippen molar-refractivity contribution in [3.8, 4) is 17.6 Å². The van der Waals surface area contributed by atoms with Gasteiger partial charge in [0.15, 0.2) is 0 Å². The van der Waals surface area contributed by atoms with Crippen molar-refractivity contribution in [3.63, 3.8) is 0 Å². The largest absolute Gasteiger partial charge is 0.489 e. The highest BCUT2D eigenvalue weighted by molar-refractivity contribution is 6.00. The number of hydrogen-bond donors (Lipinski definition) is 2. The molecule has 35 heavy (non-hydrogen) atoms. The minimum Gasteiger partial charge on any atom is -0.489 e. The summed E-state index contributed by atoms with van der Waals surface area (Å²) in [4.78, 5) is 31.7. The summed E-state index contributed by atoms with van der Waals surface area (Å²) in [5.41, 5.74) is 2.79. The highest BCUT2D eigenvalue weighted by Gasteiger charge is 2.31. The number of rotatable bonds is 3. The van der Waals surface area contributed by atoms with E-state index in [9.17, 15) is 14.7 Å². The number of nitrogens with zero attached hydrogens (tertiary/aromatic N) is 4. The number of nitrogens with one attached hydrogen (secondary N) is 1. The number of aliphatic hydroxyl groups is 1. The molecule has 3 heterocycles. The molecule has 2 amide bonds. The van der Waals surface area contributed by atoms with Gasteiger partial charge >= 0.3 is 6.03 Å². The predicted molar refractivity (Wildman–Crippen MR) is 130 cm³/mol. The third-order valence-electron chi connectivity index (χ3n) is 5.37. The molecule has 0 radical (unpaired) electrons. The lowest BCUT2D eigenvalue weighted by molar-refractivity contribution is -0.120. The lowest BCUT2D eigenvalue weighted by Gasteiger charge is -2.20. The standard InChI is InChI=1S/C26H27N5O4/c1-17-5-7-20(27-13-17)11-19-14-28-31(15-19)25(33)29-21-16-35-23-8-6-18(9-10-26(2,3)34)12-22(23)30(4)24(21)32/h5-8,12-15,21,34H,11,16H2,1-4H3,(H,29,33). The second-order valence-electron chi connectivity index (χ2n) is 9.00. The van der Waals surface area contributed by atoms with Crippen LogP contribution < -0.4 is 15.0 Å². The Bertz CT molecular complexity index is 1310. The van der Waals surface area contributed by atoms with Crippen LogP contribution in [0.1, 0.15) is 36.2 Å². The number of ether oxygens (including phenoxy) is 1. The Labute approximate surface area is 203 Å². The monoisotopic (exact) mass is 473 g/mol. The van der Waals surface area contributed by atoms with Gasteiger partial charge in [0.05, 0.1) is 11.9 Å². The van der Waals surface area contributed by atoms with Crippen molar-refractivity contribution in [1.29, 1.82) is 0 Å². The zero-order chi connectivity index (χ0) is 25.2. The Morgan fingerprint density at radius 2 is 2.09 bits per heavy atom. The fourth-order valence-corrected chi connectivity index (χ4v) is 3.49. The van der Waals surface area contributed by atoms with Gasteiger partial charge in [-0.05, 0) is 56.2 Å². The zero-order valence-electron chi connectivity index (χ0n) is 20.1. The highest BCUT2D eigenvalue weighted by atomic mass is 16.5. The quantitative estimate of drug-likeness (QED) is 0.565. The first-order chi connectivity index (χ1) is 16.6. The van der Waals surface area contributed by atoms with Crippen LogP contribution in [0.4, 0.5) is 10.5 Å². The van der Waals surface area contributed by atoms with Crippen LogP contribution >= 0.6 is 0 Å². The molecular weight excluding hydrogens is 446 g/mol. The normalized spacial score (nSPS) is 15.4. The van der Waals surface area contributed by atoms with Crippen LogP contribution in [0.3, 0.4) is 0 Å². The number of carbonyl (C=O) groups is 2. The van der Waals surface area contributed by atoms with Crippen molar-refractivity contribution in [3.05, 3.63) is 71.3 Å². The van der Waals surface area contributed by atoms with Crippen molar-refractivity contribution < 1.29 is 19.4 Å². The van der Waals surface area contributed by atoms with E-state index in [1.807, 2.05) is 19.1 Å². The van der Waals surface area contributed by atoms with E-state index in [-0.39, 0.29) is 12.5 Å². The Balaban J connectivity index is 1.45. The van der Waals surface area contributed by atoms with E-state index >= 15 is 0 Å². The summed E-state index contributed by atoms with van der Waals surface area (Å²) < 4.78 is 6.99. The minimum atomic E-state index is -1.14. The maximum atomic E-state index is 13.1. The predicted octanol–water partition coefficient (Wildman–Crippen LogP) is 2.28. The van der Waals surface area contributed by atoms with Gasteiger partial charge in [0.2, 0.25) is 0 Å². The number of aryl methyl sites for hydroxylation is 1. The molecule has 0 fully saturated rings.